The van der Waals surface area contributed by atoms with Crippen LogP contribution in [0.2, 0.25) is 0 Å². The molecular weight excluding hydrogens is 236 g/mol. The van der Waals surface area contributed by atoms with Crippen molar-refractivity contribution in [3.05, 3.63) is 34.9 Å². The topological polar surface area (TPSA) is 55.1 Å². The molecule has 0 spiro atoms. The standard InChI is InChI=1S/C16H24N2O/c1-11-7-6-8-12(2)15(11)16(19)18-14-10-5-3-4-9-13(14)17/h6-8,13-14H,3-5,9-10,17H2,1-2H3,(H,18,19). The highest BCUT2D eigenvalue weighted by Crippen LogP contribution is 2.18. The maximum Gasteiger partial charge on any atom is 0.252 e. The van der Waals surface area contributed by atoms with Crippen molar-refractivity contribution in [1.29, 1.82) is 0 Å². The van der Waals surface area contributed by atoms with Crippen LogP contribution in [-0.4, -0.2) is 18.0 Å². The molecule has 2 atom stereocenters. The molecule has 1 aliphatic rings. The molecule has 3 heteroatoms. The summed E-state index contributed by atoms with van der Waals surface area (Å²) in [5.74, 6) is 0.0259. The molecule has 1 saturated carbocycles. The van der Waals surface area contributed by atoms with Crippen molar-refractivity contribution in [3.8, 4) is 0 Å². The quantitative estimate of drug-likeness (QED) is 0.803. The van der Waals surface area contributed by atoms with Gasteiger partial charge in [-0.3, -0.25) is 4.79 Å². The Bertz CT molecular complexity index is 436. The second kappa shape index (κ2) is 6.20. The molecule has 0 saturated heterocycles. The SMILES string of the molecule is Cc1cccc(C)c1C(=O)NC1CCCCCC1N. The molecule has 1 amide bonds. The minimum atomic E-state index is 0.0259. The zero-order valence-corrected chi connectivity index (χ0v) is 11.9. The molecule has 1 aliphatic carbocycles. The molecule has 3 N–H and O–H groups in total. The maximum atomic E-state index is 12.4. The average molecular weight is 260 g/mol. The third-order valence-corrected chi connectivity index (χ3v) is 4.09. The number of aryl methyl sites for hydroxylation is 2. The van der Waals surface area contributed by atoms with Crippen molar-refractivity contribution in [2.24, 2.45) is 5.73 Å². The molecule has 0 aromatic heterocycles. The monoisotopic (exact) mass is 260 g/mol. The van der Waals surface area contributed by atoms with E-state index in [-0.39, 0.29) is 18.0 Å². The van der Waals surface area contributed by atoms with E-state index in [1.165, 1.54) is 12.8 Å². The van der Waals surface area contributed by atoms with Gasteiger partial charge in [-0.1, -0.05) is 37.5 Å². The van der Waals surface area contributed by atoms with Gasteiger partial charge in [0.15, 0.2) is 0 Å². The fraction of sp³-hybridized carbons (Fsp3) is 0.562. The normalized spacial score (nSPS) is 23.7. The smallest absolute Gasteiger partial charge is 0.252 e. The van der Waals surface area contributed by atoms with Gasteiger partial charge >= 0.3 is 0 Å². The Balaban J connectivity index is 2.12. The molecule has 104 valence electrons. The van der Waals surface area contributed by atoms with Crippen LogP contribution in [0.25, 0.3) is 0 Å². The summed E-state index contributed by atoms with van der Waals surface area (Å²) in [7, 11) is 0. The van der Waals surface area contributed by atoms with E-state index < -0.39 is 0 Å². The molecule has 0 aliphatic heterocycles. The van der Waals surface area contributed by atoms with Crippen molar-refractivity contribution in [1.82, 2.24) is 5.32 Å². The first-order chi connectivity index (χ1) is 9.09. The summed E-state index contributed by atoms with van der Waals surface area (Å²) in [6, 6.07) is 6.16. The third kappa shape index (κ3) is 3.35. The van der Waals surface area contributed by atoms with Gasteiger partial charge in [0, 0.05) is 17.6 Å². The lowest BCUT2D eigenvalue weighted by Crippen LogP contribution is -2.47. The minimum Gasteiger partial charge on any atom is -0.348 e. The molecule has 0 bridgehead atoms. The predicted octanol–water partition coefficient (Wildman–Crippen LogP) is 2.69. The lowest BCUT2D eigenvalue weighted by molar-refractivity contribution is 0.0927. The maximum absolute atomic E-state index is 12.4. The van der Waals surface area contributed by atoms with Gasteiger partial charge < -0.3 is 11.1 Å². The highest BCUT2D eigenvalue weighted by atomic mass is 16.1. The van der Waals surface area contributed by atoms with E-state index >= 15 is 0 Å². The van der Waals surface area contributed by atoms with Crippen LogP contribution in [0.3, 0.4) is 0 Å². The number of nitrogens with two attached hydrogens (primary N) is 1. The number of benzene rings is 1. The molecule has 1 aromatic carbocycles. The van der Waals surface area contributed by atoms with Gasteiger partial charge in [-0.05, 0) is 37.8 Å². The molecule has 2 unspecified atom stereocenters. The second-order valence-electron chi connectivity index (χ2n) is 5.65. The summed E-state index contributed by atoms with van der Waals surface area (Å²) >= 11 is 0. The lowest BCUT2D eigenvalue weighted by atomic mass is 10.00. The first-order valence-electron chi connectivity index (χ1n) is 7.22. The first-order valence-corrected chi connectivity index (χ1v) is 7.22. The summed E-state index contributed by atoms with van der Waals surface area (Å²) in [6.45, 7) is 3.96. The fourth-order valence-corrected chi connectivity index (χ4v) is 2.93. The van der Waals surface area contributed by atoms with E-state index in [0.29, 0.717) is 0 Å². The van der Waals surface area contributed by atoms with Crippen LogP contribution in [0.5, 0.6) is 0 Å². The van der Waals surface area contributed by atoms with Crippen LogP contribution >= 0.6 is 0 Å². The Labute approximate surface area is 115 Å². The Kier molecular flexibility index (Phi) is 4.59. The Morgan fingerprint density at radius 2 is 1.79 bits per heavy atom. The third-order valence-electron chi connectivity index (χ3n) is 4.09. The van der Waals surface area contributed by atoms with Gasteiger partial charge in [-0.15, -0.1) is 0 Å². The largest absolute Gasteiger partial charge is 0.348 e. The molecule has 0 radical (unpaired) electrons. The summed E-state index contributed by atoms with van der Waals surface area (Å²) in [6.07, 6.45) is 5.57. The highest BCUT2D eigenvalue weighted by molar-refractivity contribution is 5.97. The number of carbonyl (C=O) groups is 1. The first kappa shape index (κ1) is 14.1. The van der Waals surface area contributed by atoms with Gasteiger partial charge in [0.2, 0.25) is 0 Å². The van der Waals surface area contributed by atoms with Crippen LogP contribution in [0.4, 0.5) is 0 Å². The van der Waals surface area contributed by atoms with Crippen molar-refractivity contribution in [2.75, 3.05) is 0 Å². The second-order valence-corrected chi connectivity index (χ2v) is 5.65. The number of amides is 1. The summed E-state index contributed by atoms with van der Waals surface area (Å²) in [5, 5.41) is 3.14. The van der Waals surface area contributed by atoms with Crippen LogP contribution < -0.4 is 11.1 Å². The molecule has 2 rings (SSSR count). The van der Waals surface area contributed by atoms with E-state index in [9.17, 15) is 4.79 Å². The zero-order valence-electron chi connectivity index (χ0n) is 11.9. The number of hydrogen-bond donors (Lipinski definition) is 2. The van der Waals surface area contributed by atoms with Gasteiger partial charge in [-0.25, -0.2) is 0 Å². The van der Waals surface area contributed by atoms with Crippen LogP contribution in [0.1, 0.15) is 53.6 Å². The number of rotatable bonds is 2. The molecule has 1 fully saturated rings. The molecule has 3 nitrogen and oxygen atoms in total. The summed E-state index contributed by atoms with van der Waals surface area (Å²) < 4.78 is 0. The molecule has 19 heavy (non-hydrogen) atoms. The summed E-state index contributed by atoms with van der Waals surface area (Å²) in [5.41, 5.74) is 9.03. The van der Waals surface area contributed by atoms with Gasteiger partial charge in [0.1, 0.15) is 0 Å². The van der Waals surface area contributed by atoms with Gasteiger partial charge in [-0.2, -0.15) is 0 Å². The molecule has 0 heterocycles. The number of nitrogens with one attached hydrogen (secondary N) is 1. The van der Waals surface area contributed by atoms with E-state index in [1.54, 1.807) is 0 Å². The van der Waals surface area contributed by atoms with E-state index in [2.05, 4.69) is 5.32 Å². The Morgan fingerprint density at radius 1 is 1.16 bits per heavy atom. The molecule has 1 aromatic rings. The Hall–Kier alpha value is -1.35. The van der Waals surface area contributed by atoms with Crippen molar-refractivity contribution < 1.29 is 4.79 Å². The summed E-state index contributed by atoms with van der Waals surface area (Å²) in [4.78, 5) is 12.4. The van der Waals surface area contributed by atoms with Crippen LogP contribution in [0, 0.1) is 13.8 Å². The fourth-order valence-electron chi connectivity index (χ4n) is 2.93. The van der Waals surface area contributed by atoms with Gasteiger partial charge in [0.05, 0.1) is 0 Å². The van der Waals surface area contributed by atoms with Crippen molar-refractivity contribution >= 4 is 5.91 Å². The van der Waals surface area contributed by atoms with Crippen molar-refractivity contribution in [3.63, 3.8) is 0 Å². The van der Waals surface area contributed by atoms with Crippen molar-refractivity contribution in [2.45, 2.75) is 58.0 Å². The highest BCUT2D eigenvalue weighted by Gasteiger charge is 2.23. The van der Waals surface area contributed by atoms with Crippen LogP contribution in [-0.2, 0) is 0 Å². The van der Waals surface area contributed by atoms with E-state index in [4.69, 9.17) is 5.73 Å². The molecular formula is C16H24N2O. The van der Waals surface area contributed by atoms with E-state index in [1.807, 2.05) is 32.0 Å². The van der Waals surface area contributed by atoms with Gasteiger partial charge in [0.25, 0.3) is 5.91 Å². The number of hydrogen-bond acceptors (Lipinski definition) is 2. The predicted molar refractivity (Wildman–Crippen MR) is 78.2 cm³/mol. The lowest BCUT2D eigenvalue weighted by Gasteiger charge is -2.23. The zero-order chi connectivity index (χ0) is 13.8. The van der Waals surface area contributed by atoms with Crippen LogP contribution in [0.15, 0.2) is 18.2 Å². The average Bonchev–Trinajstić information content (AvgIpc) is 2.55. The minimum absolute atomic E-state index is 0.0259. The Morgan fingerprint density at radius 3 is 2.47 bits per heavy atom. The number of carbonyl (C=O) groups excluding carboxylic acids is 1. The van der Waals surface area contributed by atoms with E-state index in [0.717, 1.165) is 36.0 Å².